The Balaban J connectivity index is 2.80. The zero-order chi connectivity index (χ0) is 10.6. The lowest BCUT2D eigenvalue weighted by Crippen LogP contribution is -2.12. The van der Waals surface area contributed by atoms with E-state index in [1.165, 1.54) is 0 Å². The van der Waals surface area contributed by atoms with Gasteiger partial charge in [-0.05, 0) is 18.6 Å². The Labute approximate surface area is 93.2 Å². The second-order valence-corrected chi connectivity index (χ2v) is 3.70. The van der Waals surface area contributed by atoms with E-state index < -0.39 is 0 Å². The molecule has 14 heavy (non-hydrogen) atoms. The summed E-state index contributed by atoms with van der Waals surface area (Å²) in [4.78, 5) is 11.3. The maximum atomic E-state index is 11.3. The van der Waals surface area contributed by atoms with Crippen LogP contribution >= 0.6 is 23.2 Å². The number of halogens is 2. The molecule has 2 nitrogen and oxygen atoms in total. The molecule has 0 heterocycles. The SMILES string of the molecule is Cc1cccc(Cl)c1NC(=O)CCCl. The highest BCUT2D eigenvalue weighted by Gasteiger charge is 2.06. The molecule has 0 radical (unpaired) electrons. The van der Waals surface area contributed by atoms with E-state index in [0.717, 1.165) is 5.56 Å². The third kappa shape index (κ3) is 2.89. The first-order chi connectivity index (χ1) is 6.65. The smallest absolute Gasteiger partial charge is 0.225 e. The lowest BCUT2D eigenvalue weighted by molar-refractivity contribution is -0.115. The van der Waals surface area contributed by atoms with Crippen molar-refractivity contribution >= 4 is 34.8 Å². The molecule has 0 saturated carbocycles. The highest BCUT2D eigenvalue weighted by atomic mass is 35.5. The van der Waals surface area contributed by atoms with Gasteiger partial charge < -0.3 is 5.32 Å². The first kappa shape index (κ1) is 11.3. The molecule has 0 aliphatic carbocycles. The van der Waals surface area contributed by atoms with Gasteiger partial charge in [0, 0.05) is 12.3 Å². The molecular weight excluding hydrogens is 221 g/mol. The van der Waals surface area contributed by atoms with Crippen LogP contribution in [0.4, 0.5) is 5.69 Å². The van der Waals surface area contributed by atoms with Crippen molar-refractivity contribution in [3.63, 3.8) is 0 Å². The molecular formula is C10H11Cl2NO. The fraction of sp³-hybridized carbons (Fsp3) is 0.300. The fourth-order valence-corrected chi connectivity index (χ4v) is 1.52. The zero-order valence-electron chi connectivity index (χ0n) is 7.81. The van der Waals surface area contributed by atoms with Gasteiger partial charge >= 0.3 is 0 Å². The Morgan fingerprint density at radius 3 is 2.79 bits per heavy atom. The molecule has 0 aliphatic heterocycles. The highest BCUT2D eigenvalue weighted by molar-refractivity contribution is 6.34. The molecule has 0 unspecified atom stereocenters. The van der Waals surface area contributed by atoms with Gasteiger partial charge in [0.1, 0.15) is 0 Å². The molecule has 0 saturated heterocycles. The maximum absolute atomic E-state index is 11.3. The number of para-hydroxylation sites is 1. The van der Waals surface area contributed by atoms with Gasteiger partial charge in [0.2, 0.25) is 5.91 Å². The summed E-state index contributed by atoms with van der Waals surface area (Å²) in [5.74, 6) is 0.200. The number of carbonyl (C=O) groups is 1. The zero-order valence-corrected chi connectivity index (χ0v) is 9.32. The van der Waals surface area contributed by atoms with E-state index in [9.17, 15) is 4.79 Å². The summed E-state index contributed by atoms with van der Waals surface area (Å²) in [5, 5.41) is 3.27. The van der Waals surface area contributed by atoms with Crippen LogP contribution < -0.4 is 5.32 Å². The molecule has 0 aliphatic rings. The first-order valence-corrected chi connectivity index (χ1v) is 5.17. The molecule has 1 amide bonds. The Bertz CT molecular complexity index is 319. The van der Waals surface area contributed by atoms with Crippen LogP contribution in [0, 0.1) is 6.92 Å². The molecule has 1 aromatic rings. The van der Waals surface area contributed by atoms with Gasteiger partial charge in [-0.3, -0.25) is 4.79 Å². The summed E-state index contributed by atoms with van der Waals surface area (Å²) in [5.41, 5.74) is 1.62. The molecule has 1 rings (SSSR count). The number of anilines is 1. The van der Waals surface area contributed by atoms with Crippen LogP contribution in [0.2, 0.25) is 5.02 Å². The van der Waals surface area contributed by atoms with Crippen molar-refractivity contribution in [2.75, 3.05) is 11.2 Å². The number of hydrogen-bond donors (Lipinski definition) is 1. The van der Waals surface area contributed by atoms with Crippen molar-refractivity contribution in [3.8, 4) is 0 Å². The fourth-order valence-electron chi connectivity index (χ4n) is 1.08. The van der Waals surface area contributed by atoms with Gasteiger partial charge in [-0.25, -0.2) is 0 Å². The van der Waals surface area contributed by atoms with E-state index in [1.807, 2.05) is 19.1 Å². The number of amides is 1. The van der Waals surface area contributed by atoms with Crippen LogP contribution in [0.25, 0.3) is 0 Å². The first-order valence-electron chi connectivity index (χ1n) is 4.26. The van der Waals surface area contributed by atoms with Crippen LogP contribution in [0.5, 0.6) is 0 Å². The minimum absolute atomic E-state index is 0.115. The molecule has 0 fully saturated rings. The third-order valence-corrected chi connectivity index (χ3v) is 2.31. The number of hydrogen-bond acceptors (Lipinski definition) is 1. The third-order valence-electron chi connectivity index (χ3n) is 1.81. The molecule has 0 atom stereocenters. The Hall–Kier alpha value is -0.730. The molecule has 0 bridgehead atoms. The van der Waals surface area contributed by atoms with Gasteiger partial charge in [0.25, 0.3) is 0 Å². The van der Waals surface area contributed by atoms with Crippen molar-refractivity contribution in [2.24, 2.45) is 0 Å². The van der Waals surface area contributed by atoms with Crippen LogP contribution in [0.1, 0.15) is 12.0 Å². The maximum Gasteiger partial charge on any atom is 0.225 e. The van der Waals surface area contributed by atoms with Crippen molar-refractivity contribution < 1.29 is 4.79 Å². The van der Waals surface area contributed by atoms with Crippen LogP contribution in [0.15, 0.2) is 18.2 Å². The molecule has 1 N–H and O–H groups in total. The number of benzene rings is 1. The summed E-state index contributed by atoms with van der Waals surface area (Å²) < 4.78 is 0. The van der Waals surface area contributed by atoms with Gasteiger partial charge in [0.15, 0.2) is 0 Å². The summed E-state index contributed by atoms with van der Waals surface area (Å²) in [7, 11) is 0. The predicted octanol–water partition coefficient (Wildman–Crippen LogP) is 3.22. The molecule has 0 aromatic heterocycles. The molecule has 0 spiro atoms. The van der Waals surface area contributed by atoms with Gasteiger partial charge in [-0.15, -0.1) is 11.6 Å². The van der Waals surface area contributed by atoms with Gasteiger partial charge in [-0.2, -0.15) is 0 Å². The van der Waals surface area contributed by atoms with E-state index in [-0.39, 0.29) is 5.91 Å². The number of nitrogens with one attached hydrogen (secondary N) is 1. The molecule has 4 heteroatoms. The average Bonchev–Trinajstić information content (AvgIpc) is 2.12. The number of carbonyl (C=O) groups excluding carboxylic acids is 1. The Morgan fingerprint density at radius 1 is 1.50 bits per heavy atom. The normalized spacial score (nSPS) is 9.93. The Morgan fingerprint density at radius 2 is 2.21 bits per heavy atom. The topological polar surface area (TPSA) is 29.1 Å². The summed E-state index contributed by atoms with van der Waals surface area (Å²) in [6.45, 7) is 1.89. The van der Waals surface area contributed by atoms with E-state index >= 15 is 0 Å². The van der Waals surface area contributed by atoms with E-state index in [1.54, 1.807) is 6.07 Å². The summed E-state index contributed by atoms with van der Waals surface area (Å²) in [6, 6.07) is 5.47. The quantitative estimate of drug-likeness (QED) is 0.796. The lowest BCUT2D eigenvalue weighted by Gasteiger charge is -2.09. The minimum atomic E-state index is -0.115. The number of rotatable bonds is 3. The lowest BCUT2D eigenvalue weighted by atomic mass is 10.2. The molecule has 1 aromatic carbocycles. The minimum Gasteiger partial charge on any atom is -0.325 e. The largest absolute Gasteiger partial charge is 0.325 e. The number of aryl methyl sites for hydroxylation is 1. The standard InChI is InChI=1S/C10H11Cl2NO/c1-7-3-2-4-8(12)10(7)13-9(14)5-6-11/h2-4H,5-6H2,1H3,(H,13,14). The number of alkyl halides is 1. The van der Waals surface area contributed by atoms with Crippen molar-refractivity contribution in [3.05, 3.63) is 28.8 Å². The van der Waals surface area contributed by atoms with Crippen molar-refractivity contribution in [1.29, 1.82) is 0 Å². The van der Waals surface area contributed by atoms with Gasteiger partial charge in [-0.1, -0.05) is 23.7 Å². The monoisotopic (exact) mass is 231 g/mol. The average molecular weight is 232 g/mol. The van der Waals surface area contributed by atoms with Crippen molar-refractivity contribution in [1.82, 2.24) is 0 Å². The van der Waals surface area contributed by atoms with Gasteiger partial charge in [0.05, 0.1) is 10.7 Å². The second kappa shape index (κ2) is 5.23. The van der Waals surface area contributed by atoms with E-state index in [2.05, 4.69) is 5.32 Å². The van der Waals surface area contributed by atoms with Crippen LogP contribution in [-0.4, -0.2) is 11.8 Å². The second-order valence-electron chi connectivity index (χ2n) is 2.92. The van der Waals surface area contributed by atoms with Crippen LogP contribution in [-0.2, 0) is 4.79 Å². The summed E-state index contributed by atoms with van der Waals surface area (Å²) in [6.07, 6.45) is 0.298. The van der Waals surface area contributed by atoms with E-state index in [0.29, 0.717) is 23.0 Å². The molecule has 76 valence electrons. The highest BCUT2D eigenvalue weighted by Crippen LogP contribution is 2.25. The summed E-state index contributed by atoms with van der Waals surface area (Å²) >= 11 is 11.4. The predicted molar refractivity (Wildman–Crippen MR) is 60.2 cm³/mol. The van der Waals surface area contributed by atoms with Crippen LogP contribution in [0.3, 0.4) is 0 Å². The Kier molecular flexibility index (Phi) is 4.23. The van der Waals surface area contributed by atoms with E-state index in [4.69, 9.17) is 23.2 Å². The van der Waals surface area contributed by atoms with Crippen molar-refractivity contribution in [2.45, 2.75) is 13.3 Å².